The molecule has 7 amide bonds. The van der Waals surface area contributed by atoms with Crippen molar-refractivity contribution in [3.8, 4) is 0 Å². The van der Waals surface area contributed by atoms with Gasteiger partial charge in [-0.25, -0.2) is 4.79 Å². The minimum absolute atomic E-state index is 0.0556. The van der Waals surface area contributed by atoms with Gasteiger partial charge in [-0.15, -0.1) is 0 Å². The molecular weight excluding hydrogens is 961 g/mol. The molecule has 0 spiro atoms. The summed E-state index contributed by atoms with van der Waals surface area (Å²) in [5, 5.41) is 36.4. The molecular formula is C42H64N12O18. The highest BCUT2D eigenvalue weighted by Crippen LogP contribution is 2.12. The molecule has 0 saturated carbocycles. The molecule has 0 radical (unpaired) electrons. The predicted octanol–water partition coefficient (Wildman–Crippen LogP) is -7.64. The van der Waals surface area contributed by atoms with Crippen LogP contribution in [0.4, 0.5) is 0 Å². The number of esters is 1. The van der Waals surface area contributed by atoms with Gasteiger partial charge in [0, 0.05) is 25.8 Å². The standard InChI is InChI=1S/C42H64N12O18/c1-18(16-55)46-34(40(69)50-28(31(62)20(3)43)38(67)49-24(12-14-27(60)61)36(65)51-29(42(71)72-6)32(63)21(4)44)52-39(68)30(33(64)22(5)45)54-15-9-7-8-10-25(57)48-23(11-13-26(58)59)37(66)53-35(41(54)70)47-19(2)17-56/h7,9,16-24,28-30,34-35,46-47H,8,10-15,43-45H2,1-6H3,(H,48,57)(H,49,67)(H,50,69)(H,51,65)(H,52,68)(H,53,66)(H,58,59)(H,60,61)/b9-7-/t18-,19-,20-,21-,22-,23-,24-,28-,29-,30-,34+,35+/m0/s1. The fourth-order valence-electron chi connectivity index (χ4n) is 6.33. The number of methoxy groups -OCH3 is 1. The molecule has 1 rings (SSSR count). The smallest absolute Gasteiger partial charge is 0.336 e. The van der Waals surface area contributed by atoms with Crippen LogP contribution in [0.3, 0.4) is 0 Å². The summed E-state index contributed by atoms with van der Waals surface area (Å²) in [5.74, 6) is -16.7. The van der Waals surface area contributed by atoms with Crippen LogP contribution >= 0.6 is 0 Å². The Morgan fingerprint density at radius 2 is 1.28 bits per heavy atom. The van der Waals surface area contributed by atoms with Gasteiger partial charge in [-0.3, -0.25) is 68.2 Å². The zero-order chi connectivity index (χ0) is 55.2. The molecule has 1 aliphatic rings. The number of carbonyl (C=O) groups excluding carboxylic acids is 13. The van der Waals surface area contributed by atoms with Crippen LogP contribution in [0, 0.1) is 0 Å². The number of carboxylic acid groups (broad SMARTS) is 2. The van der Waals surface area contributed by atoms with Crippen molar-refractivity contribution in [2.45, 2.75) is 146 Å². The molecule has 1 heterocycles. The number of carbonyl (C=O) groups is 15. The highest BCUT2D eigenvalue weighted by Gasteiger charge is 2.43. The summed E-state index contributed by atoms with van der Waals surface area (Å²) < 4.78 is 4.55. The van der Waals surface area contributed by atoms with Gasteiger partial charge >= 0.3 is 17.9 Å². The van der Waals surface area contributed by atoms with Gasteiger partial charge in [-0.2, -0.15) is 0 Å². The third-order valence-corrected chi connectivity index (χ3v) is 10.2. The highest BCUT2D eigenvalue weighted by atomic mass is 16.5. The number of allylic oxidation sites excluding steroid dienone is 1. The lowest BCUT2D eigenvalue weighted by Gasteiger charge is -2.35. The normalized spacial score (nSPS) is 20.0. The maximum absolute atomic E-state index is 14.6. The van der Waals surface area contributed by atoms with E-state index in [-0.39, 0.29) is 19.1 Å². The van der Waals surface area contributed by atoms with Crippen LogP contribution in [0.25, 0.3) is 0 Å². The number of hydrogen-bond acceptors (Lipinski definition) is 21. The van der Waals surface area contributed by atoms with Crippen molar-refractivity contribution in [2.24, 2.45) is 17.2 Å². The summed E-state index contributed by atoms with van der Waals surface area (Å²) in [7, 11) is 0.875. The Morgan fingerprint density at radius 1 is 0.722 bits per heavy atom. The Kier molecular flexibility index (Phi) is 26.4. The van der Waals surface area contributed by atoms with Gasteiger partial charge in [-0.05, 0) is 53.9 Å². The predicted molar refractivity (Wildman–Crippen MR) is 245 cm³/mol. The first-order chi connectivity index (χ1) is 33.6. The number of ether oxygens (including phenoxy) is 1. The minimum atomic E-state index is -2.41. The number of ketones is 3. The molecule has 1 aliphatic heterocycles. The molecule has 0 fully saturated rings. The van der Waals surface area contributed by atoms with Crippen molar-refractivity contribution >= 4 is 89.2 Å². The Labute approximate surface area is 411 Å². The second kappa shape index (κ2) is 30.4. The Balaban J connectivity index is 3.92. The quantitative estimate of drug-likeness (QED) is 0.0114. The fourth-order valence-corrected chi connectivity index (χ4v) is 6.33. The average Bonchev–Trinajstić information content (AvgIpc) is 3.32. The van der Waals surface area contributed by atoms with Crippen LogP contribution in [-0.4, -0.2) is 191 Å². The van der Waals surface area contributed by atoms with Crippen LogP contribution in [0.1, 0.15) is 73.1 Å². The van der Waals surface area contributed by atoms with E-state index in [9.17, 15) is 82.1 Å². The first kappa shape index (κ1) is 62.6. The monoisotopic (exact) mass is 1020 g/mol. The van der Waals surface area contributed by atoms with Gasteiger partial charge in [0.1, 0.15) is 24.7 Å². The number of rotatable bonds is 28. The van der Waals surface area contributed by atoms with Crippen molar-refractivity contribution in [3.05, 3.63) is 12.2 Å². The number of nitrogens with two attached hydrogens (primary N) is 3. The maximum Gasteiger partial charge on any atom is 0.336 e. The van der Waals surface area contributed by atoms with Crippen LogP contribution in [0.15, 0.2) is 12.2 Å². The maximum atomic E-state index is 14.6. The third kappa shape index (κ3) is 20.1. The van der Waals surface area contributed by atoms with E-state index in [1.807, 2.05) is 10.6 Å². The first-order valence-electron chi connectivity index (χ1n) is 22.2. The molecule has 0 aliphatic carbocycles. The lowest BCUT2D eigenvalue weighted by molar-refractivity contribution is -0.149. The van der Waals surface area contributed by atoms with Crippen LogP contribution in [-0.2, 0) is 76.7 Å². The molecule has 30 nitrogen and oxygen atoms in total. The summed E-state index contributed by atoms with van der Waals surface area (Å²) in [5.41, 5.74) is 17.3. The molecule has 72 heavy (non-hydrogen) atoms. The number of aliphatic carboxylic acids is 2. The van der Waals surface area contributed by atoms with E-state index in [4.69, 9.17) is 17.2 Å². The van der Waals surface area contributed by atoms with Gasteiger partial charge in [0.2, 0.25) is 17.7 Å². The summed E-state index contributed by atoms with van der Waals surface area (Å²) in [6.07, 6.45) is -4.05. The molecule has 12 atom stereocenters. The number of Topliss-reactive ketones (excluding diaryl/α,β-unsaturated/α-hetero) is 3. The van der Waals surface area contributed by atoms with Gasteiger partial charge in [0.05, 0.1) is 37.3 Å². The zero-order valence-corrected chi connectivity index (χ0v) is 40.3. The molecule has 16 N–H and O–H groups in total. The molecule has 0 aromatic carbocycles. The largest absolute Gasteiger partial charge is 0.481 e. The number of nitrogens with one attached hydrogen (secondary N) is 8. The van der Waals surface area contributed by atoms with Crippen LogP contribution in [0.5, 0.6) is 0 Å². The molecule has 0 saturated heterocycles. The van der Waals surface area contributed by atoms with E-state index in [0.717, 1.165) is 21.0 Å². The van der Waals surface area contributed by atoms with E-state index in [1.165, 1.54) is 32.9 Å². The van der Waals surface area contributed by atoms with Gasteiger partial charge in [0.25, 0.3) is 23.6 Å². The third-order valence-electron chi connectivity index (χ3n) is 10.2. The Morgan fingerprint density at radius 3 is 1.81 bits per heavy atom. The summed E-state index contributed by atoms with van der Waals surface area (Å²) >= 11 is 0. The number of hydrogen-bond donors (Lipinski definition) is 13. The molecule has 30 heteroatoms. The number of nitrogens with zero attached hydrogens (tertiary/aromatic N) is 1. The van der Waals surface area contributed by atoms with Crippen molar-refractivity contribution < 1.29 is 86.9 Å². The van der Waals surface area contributed by atoms with Gasteiger partial charge in [0.15, 0.2) is 47.8 Å². The second-order valence-electron chi connectivity index (χ2n) is 16.5. The number of aldehydes is 2. The lowest BCUT2D eigenvalue weighted by Crippen LogP contribution is -2.68. The minimum Gasteiger partial charge on any atom is -0.481 e. The van der Waals surface area contributed by atoms with Gasteiger partial charge < -0.3 is 78.5 Å². The molecule has 0 aromatic heterocycles. The number of amides is 7. The van der Waals surface area contributed by atoms with E-state index < -0.39 is 182 Å². The van der Waals surface area contributed by atoms with E-state index in [0.29, 0.717) is 11.2 Å². The van der Waals surface area contributed by atoms with Crippen molar-refractivity contribution in [1.82, 2.24) is 47.4 Å². The van der Waals surface area contributed by atoms with Gasteiger partial charge in [-0.1, -0.05) is 12.2 Å². The number of carboxylic acids is 2. The highest BCUT2D eigenvalue weighted by molar-refractivity contribution is 6.13. The second-order valence-corrected chi connectivity index (χ2v) is 16.5. The van der Waals surface area contributed by atoms with Crippen LogP contribution < -0.4 is 59.7 Å². The molecule has 0 aromatic rings. The lowest BCUT2D eigenvalue weighted by atomic mass is 10.0. The Bertz CT molecular complexity index is 2100. The van der Waals surface area contributed by atoms with Crippen molar-refractivity contribution in [3.63, 3.8) is 0 Å². The zero-order valence-electron chi connectivity index (χ0n) is 40.3. The molecule has 0 bridgehead atoms. The van der Waals surface area contributed by atoms with Crippen LogP contribution in [0.2, 0.25) is 0 Å². The average molecular weight is 1030 g/mol. The first-order valence-corrected chi connectivity index (χ1v) is 22.2. The topological polar surface area (TPSA) is 483 Å². The summed E-state index contributed by atoms with van der Waals surface area (Å²) in [6, 6.07) is -17.4. The molecule has 0 unspecified atom stereocenters. The van der Waals surface area contributed by atoms with E-state index >= 15 is 0 Å². The summed E-state index contributed by atoms with van der Waals surface area (Å²) in [4.78, 5) is 197. The fraction of sp³-hybridized carbons (Fsp3) is 0.595. The van der Waals surface area contributed by atoms with Crippen molar-refractivity contribution in [2.75, 3.05) is 13.7 Å². The van der Waals surface area contributed by atoms with Crippen molar-refractivity contribution in [1.29, 1.82) is 0 Å². The Hall–Kier alpha value is -7.41. The van der Waals surface area contributed by atoms with E-state index in [2.05, 4.69) is 36.6 Å². The SMILES string of the molecule is COC(=O)[C@@H](NC(=O)[C@H](CCC(=O)O)NC(=O)[C@@H](NC(=O)[C@@H](NC(=O)[C@H](C(=O)[C@H](C)N)N1C/C=C\CCC(=O)N[C@@H](CCC(=O)O)C(=O)N[C@@H](N[C@@H](C)C=O)C1=O)N[C@@H](C)C=O)C(=O)[C@H](C)N)C(=O)[C@H](C)N. The summed E-state index contributed by atoms with van der Waals surface area (Å²) in [6.45, 7) is 5.14. The van der Waals surface area contributed by atoms with E-state index in [1.54, 1.807) is 0 Å². The molecule has 400 valence electrons.